The predicted octanol–water partition coefficient (Wildman–Crippen LogP) is 3.31. The molecule has 0 aliphatic rings. The second-order valence-corrected chi connectivity index (χ2v) is 8.16. The third-order valence-electron chi connectivity index (χ3n) is 3.75. The molecular formula is C20H21N3O5S2. The summed E-state index contributed by atoms with van der Waals surface area (Å²) in [5.41, 5.74) is 4.18. The molecule has 0 aliphatic carbocycles. The molecule has 0 saturated carbocycles. The van der Waals surface area contributed by atoms with Gasteiger partial charge in [-0.2, -0.15) is 0 Å². The van der Waals surface area contributed by atoms with Gasteiger partial charge in [0.15, 0.2) is 10.9 Å². The minimum atomic E-state index is -0.411. The van der Waals surface area contributed by atoms with Crippen LogP contribution in [0.5, 0.6) is 0 Å². The van der Waals surface area contributed by atoms with Crippen molar-refractivity contribution in [3.8, 4) is 0 Å². The average molecular weight is 448 g/mol. The first-order valence-corrected chi connectivity index (χ1v) is 10.8. The number of carbonyl (C=O) groups is 2. The van der Waals surface area contributed by atoms with Gasteiger partial charge in [-0.05, 0) is 30.3 Å². The molecule has 0 aliphatic heterocycles. The lowest BCUT2D eigenvalue weighted by molar-refractivity contribution is -0.122. The lowest BCUT2D eigenvalue weighted by Gasteiger charge is -2.07. The molecule has 0 fully saturated rings. The largest absolute Gasteiger partial charge is 0.382 e. The fourth-order valence-electron chi connectivity index (χ4n) is 2.35. The lowest BCUT2D eigenvalue weighted by Crippen LogP contribution is -2.29. The molecule has 3 aromatic rings. The van der Waals surface area contributed by atoms with E-state index in [-0.39, 0.29) is 12.5 Å². The Kier molecular flexibility index (Phi) is 8.60. The molecule has 30 heavy (non-hydrogen) atoms. The number of anilines is 1. The molecular weight excluding hydrogens is 426 g/mol. The second kappa shape index (κ2) is 11.6. The minimum Gasteiger partial charge on any atom is -0.382 e. The predicted molar refractivity (Wildman–Crippen MR) is 117 cm³/mol. The zero-order valence-electron chi connectivity index (χ0n) is 16.3. The van der Waals surface area contributed by atoms with Gasteiger partial charge in [0, 0.05) is 18.4 Å². The van der Waals surface area contributed by atoms with E-state index in [4.69, 9.17) is 14.3 Å². The zero-order chi connectivity index (χ0) is 21.2. The van der Waals surface area contributed by atoms with Crippen molar-refractivity contribution >= 4 is 50.8 Å². The molecule has 2 N–H and O–H groups in total. The van der Waals surface area contributed by atoms with Gasteiger partial charge in [-0.1, -0.05) is 30.0 Å². The third kappa shape index (κ3) is 6.78. The van der Waals surface area contributed by atoms with E-state index in [1.54, 1.807) is 37.4 Å². The maximum Gasteiger partial charge on any atom is 0.274 e. The molecule has 0 radical (unpaired) electrons. The van der Waals surface area contributed by atoms with Crippen LogP contribution in [0.25, 0.3) is 10.2 Å². The van der Waals surface area contributed by atoms with Gasteiger partial charge in [0.1, 0.15) is 0 Å². The first kappa shape index (κ1) is 22.2. The molecule has 0 saturated heterocycles. The van der Waals surface area contributed by atoms with Gasteiger partial charge >= 0.3 is 0 Å². The van der Waals surface area contributed by atoms with E-state index in [0.717, 1.165) is 14.6 Å². The fourth-order valence-corrected chi connectivity index (χ4v) is 4.20. The number of hydrogen-bond donors (Lipinski definition) is 2. The van der Waals surface area contributed by atoms with E-state index in [9.17, 15) is 9.59 Å². The summed E-state index contributed by atoms with van der Waals surface area (Å²) < 4.78 is 12.2. The molecule has 0 unspecified atom stereocenters. The molecule has 1 aromatic heterocycles. The Bertz CT molecular complexity index is 981. The minimum absolute atomic E-state index is 0.306. The van der Waals surface area contributed by atoms with Crippen LogP contribution in [-0.4, -0.2) is 49.7 Å². The number of benzene rings is 2. The SMILES string of the molecule is COCCOCSc1nc2ccc(NC(=O)CONC(=O)c3ccccc3)cc2s1. The highest BCUT2D eigenvalue weighted by Crippen LogP contribution is 2.31. The first-order chi connectivity index (χ1) is 14.7. The van der Waals surface area contributed by atoms with Crippen LogP contribution in [-0.2, 0) is 19.1 Å². The van der Waals surface area contributed by atoms with Gasteiger partial charge in [0.05, 0.1) is 29.4 Å². The Morgan fingerprint density at radius 2 is 1.97 bits per heavy atom. The maximum atomic E-state index is 12.1. The molecule has 8 nitrogen and oxygen atoms in total. The lowest BCUT2D eigenvalue weighted by atomic mass is 10.2. The summed E-state index contributed by atoms with van der Waals surface area (Å²) in [5, 5.41) is 2.74. The fraction of sp³-hybridized carbons (Fsp3) is 0.250. The second-order valence-electron chi connectivity index (χ2n) is 5.96. The number of nitrogens with one attached hydrogen (secondary N) is 2. The van der Waals surface area contributed by atoms with Crippen LogP contribution in [0.1, 0.15) is 10.4 Å². The number of methoxy groups -OCH3 is 1. The topological polar surface area (TPSA) is 98.8 Å². The van der Waals surface area contributed by atoms with Crippen LogP contribution in [0.2, 0.25) is 0 Å². The van der Waals surface area contributed by atoms with E-state index in [0.29, 0.717) is 30.4 Å². The van der Waals surface area contributed by atoms with Crippen LogP contribution in [0.15, 0.2) is 52.9 Å². The molecule has 0 spiro atoms. The third-order valence-corrected chi connectivity index (χ3v) is 5.79. The Balaban J connectivity index is 1.45. The highest BCUT2D eigenvalue weighted by Gasteiger charge is 2.09. The Hall–Kier alpha value is -2.50. The molecule has 3 rings (SSSR count). The Morgan fingerprint density at radius 1 is 1.13 bits per heavy atom. The van der Waals surface area contributed by atoms with Crippen LogP contribution >= 0.6 is 23.1 Å². The number of hydrogen-bond acceptors (Lipinski definition) is 8. The number of ether oxygens (including phenoxy) is 2. The molecule has 2 amide bonds. The van der Waals surface area contributed by atoms with Crippen molar-refractivity contribution in [1.29, 1.82) is 0 Å². The van der Waals surface area contributed by atoms with Crippen LogP contribution in [0.4, 0.5) is 5.69 Å². The first-order valence-electron chi connectivity index (χ1n) is 9.03. The summed E-state index contributed by atoms with van der Waals surface area (Å²) in [6.07, 6.45) is 0. The van der Waals surface area contributed by atoms with Crippen molar-refractivity contribution in [3.63, 3.8) is 0 Å². The highest BCUT2D eigenvalue weighted by molar-refractivity contribution is 8.01. The molecule has 10 heteroatoms. The Labute approximate surface area is 181 Å². The molecule has 2 aromatic carbocycles. The van der Waals surface area contributed by atoms with Crippen molar-refractivity contribution in [3.05, 3.63) is 54.1 Å². The van der Waals surface area contributed by atoms with E-state index in [2.05, 4.69) is 15.8 Å². The van der Waals surface area contributed by atoms with E-state index >= 15 is 0 Å². The van der Waals surface area contributed by atoms with E-state index < -0.39 is 5.91 Å². The van der Waals surface area contributed by atoms with Gasteiger partial charge in [0.2, 0.25) is 0 Å². The van der Waals surface area contributed by atoms with Gasteiger partial charge < -0.3 is 14.8 Å². The quantitative estimate of drug-likeness (QED) is 0.201. The summed E-state index contributed by atoms with van der Waals surface area (Å²) in [4.78, 5) is 33.5. The summed E-state index contributed by atoms with van der Waals surface area (Å²) in [6.45, 7) is 0.792. The van der Waals surface area contributed by atoms with E-state index in [1.165, 1.54) is 23.1 Å². The summed E-state index contributed by atoms with van der Waals surface area (Å²) in [7, 11) is 1.63. The van der Waals surface area contributed by atoms with Crippen molar-refractivity contribution in [1.82, 2.24) is 10.5 Å². The van der Waals surface area contributed by atoms with Gasteiger partial charge in [-0.25, -0.2) is 10.5 Å². The zero-order valence-corrected chi connectivity index (χ0v) is 17.9. The van der Waals surface area contributed by atoms with Crippen molar-refractivity contribution in [2.75, 3.05) is 38.2 Å². The van der Waals surface area contributed by atoms with E-state index in [1.807, 2.05) is 18.2 Å². The monoisotopic (exact) mass is 447 g/mol. The van der Waals surface area contributed by atoms with Crippen LogP contribution in [0.3, 0.4) is 0 Å². The summed E-state index contributed by atoms with van der Waals surface area (Å²) in [5.74, 6) is -0.294. The number of aromatic nitrogens is 1. The standard InChI is InChI=1S/C20H21N3O5S2/c1-26-9-10-27-13-29-20-22-16-8-7-15(11-17(16)30-20)21-18(24)12-28-23-19(25)14-5-3-2-4-6-14/h2-8,11H,9-10,12-13H2,1H3,(H,21,24)(H,23,25). The number of rotatable bonds is 11. The summed E-state index contributed by atoms with van der Waals surface area (Å²) >= 11 is 3.03. The number of fused-ring (bicyclic) bond motifs is 1. The number of amides is 2. The van der Waals surface area contributed by atoms with Gasteiger partial charge in [-0.3, -0.25) is 14.4 Å². The number of thioether (sulfide) groups is 1. The molecule has 0 bridgehead atoms. The number of nitrogens with zero attached hydrogens (tertiary/aromatic N) is 1. The van der Waals surface area contributed by atoms with Crippen molar-refractivity contribution in [2.24, 2.45) is 0 Å². The van der Waals surface area contributed by atoms with Crippen molar-refractivity contribution in [2.45, 2.75) is 4.34 Å². The van der Waals surface area contributed by atoms with Gasteiger partial charge in [0.25, 0.3) is 11.8 Å². The number of hydroxylamine groups is 1. The number of thiazole rings is 1. The number of carbonyl (C=O) groups excluding carboxylic acids is 2. The molecule has 1 heterocycles. The Morgan fingerprint density at radius 3 is 2.77 bits per heavy atom. The van der Waals surface area contributed by atoms with Crippen LogP contribution < -0.4 is 10.8 Å². The van der Waals surface area contributed by atoms with Crippen LogP contribution in [0, 0.1) is 0 Å². The smallest absolute Gasteiger partial charge is 0.274 e. The highest BCUT2D eigenvalue weighted by atomic mass is 32.2. The molecule has 158 valence electrons. The summed E-state index contributed by atoms with van der Waals surface area (Å²) in [6, 6.07) is 14.1. The van der Waals surface area contributed by atoms with Gasteiger partial charge in [-0.15, -0.1) is 11.3 Å². The maximum absolute atomic E-state index is 12.1. The average Bonchev–Trinajstić information content (AvgIpc) is 3.16. The molecule has 0 atom stereocenters. The van der Waals surface area contributed by atoms with Crippen molar-refractivity contribution < 1.29 is 23.9 Å². The normalized spacial score (nSPS) is 10.8.